The lowest BCUT2D eigenvalue weighted by Gasteiger charge is -2.15. The molecule has 2 atom stereocenters. The van der Waals surface area contributed by atoms with E-state index in [1.54, 1.807) is 6.92 Å². The maximum atomic E-state index is 10.9. The lowest BCUT2D eigenvalue weighted by Crippen LogP contribution is -2.22. The van der Waals surface area contributed by atoms with E-state index in [9.17, 15) is 15.0 Å². The predicted octanol–water partition coefficient (Wildman–Crippen LogP) is 0.717. The summed E-state index contributed by atoms with van der Waals surface area (Å²) in [5, 5.41) is 20.3. The van der Waals surface area contributed by atoms with Gasteiger partial charge in [-0.05, 0) is 13.8 Å². The van der Waals surface area contributed by atoms with Gasteiger partial charge in [0.05, 0.1) is 35.2 Å². The number of aliphatic hydroxyl groups excluding tert-OH is 2. The predicted molar refractivity (Wildman–Crippen MR) is 59.2 cm³/mol. The van der Waals surface area contributed by atoms with Gasteiger partial charge in [0.2, 0.25) is 0 Å². The summed E-state index contributed by atoms with van der Waals surface area (Å²) in [5.41, 5.74) is 0.680. The summed E-state index contributed by atoms with van der Waals surface area (Å²) in [5.74, 6) is -0.551. The maximum absolute atomic E-state index is 10.9. The van der Waals surface area contributed by atoms with Crippen molar-refractivity contribution in [3.05, 3.63) is 15.6 Å². The number of aromatic nitrogens is 1. The van der Waals surface area contributed by atoms with Gasteiger partial charge in [-0.1, -0.05) is 0 Å². The number of methoxy groups -OCH3 is 1. The Morgan fingerprint density at radius 3 is 2.56 bits per heavy atom. The molecule has 0 aromatic carbocycles. The molecule has 0 aliphatic rings. The number of rotatable bonds is 4. The van der Waals surface area contributed by atoms with Crippen molar-refractivity contribution < 1.29 is 19.7 Å². The van der Waals surface area contributed by atoms with Gasteiger partial charge in [-0.25, -0.2) is 4.98 Å². The van der Waals surface area contributed by atoms with Crippen LogP contribution in [0, 0.1) is 13.8 Å². The summed E-state index contributed by atoms with van der Waals surface area (Å²) in [4.78, 5) is 15.7. The number of hydrogen-bond acceptors (Lipinski definition) is 6. The maximum Gasteiger partial charge on any atom is 0.308 e. The van der Waals surface area contributed by atoms with Crippen LogP contribution in [0.25, 0.3) is 0 Å². The van der Waals surface area contributed by atoms with Gasteiger partial charge >= 0.3 is 5.97 Å². The van der Waals surface area contributed by atoms with Crippen LogP contribution in [0.2, 0.25) is 0 Å². The minimum atomic E-state index is -1.16. The van der Waals surface area contributed by atoms with Gasteiger partial charge in [-0.2, -0.15) is 0 Å². The molecular weight excluding hydrogens is 230 g/mol. The van der Waals surface area contributed by atoms with E-state index in [0.29, 0.717) is 10.6 Å². The fraction of sp³-hybridized carbons (Fsp3) is 0.600. The molecule has 1 rings (SSSR count). The smallest absolute Gasteiger partial charge is 0.308 e. The van der Waals surface area contributed by atoms with Crippen LogP contribution < -0.4 is 0 Å². The minimum absolute atomic E-state index is 0.228. The molecule has 16 heavy (non-hydrogen) atoms. The molecular formula is C10H15NO4S. The van der Waals surface area contributed by atoms with Crippen molar-refractivity contribution in [1.29, 1.82) is 0 Å². The van der Waals surface area contributed by atoms with Crippen LogP contribution in [0.5, 0.6) is 0 Å². The second kappa shape index (κ2) is 5.38. The Hall–Kier alpha value is -0.980. The average Bonchev–Trinajstić information content (AvgIpc) is 2.56. The Bertz CT molecular complexity index is 377. The van der Waals surface area contributed by atoms with Crippen LogP contribution >= 0.6 is 11.3 Å². The van der Waals surface area contributed by atoms with Crippen LogP contribution in [-0.4, -0.2) is 34.4 Å². The zero-order chi connectivity index (χ0) is 12.3. The first-order chi connectivity index (χ1) is 7.45. The second-order valence-electron chi connectivity index (χ2n) is 3.47. The minimum Gasteiger partial charge on any atom is -0.469 e. The normalized spacial score (nSPS) is 14.6. The molecule has 0 saturated heterocycles. The Morgan fingerprint density at radius 1 is 1.50 bits per heavy atom. The highest BCUT2D eigenvalue weighted by molar-refractivity contribution is 7.11. The van der Waals surface area contributed by atoms with Crippen molar-refractivity contribution in [2.45, 2.75) is 32.5 Å². The topological polar surface area (TPSA) is 79.7 Å². The van der Waals surface area contributed by atoms with E-state index in [1.807, 2.05) is 6.92 Å². The van der Waals surface area contributed by atoms with Crippen molar-refractivity contribution in [1.82, 2.24) is 4.98 Å². The molecule has 0 radical (unpaired) electrons. The molecule has 1 aromatic heterocycles. The van der Waals surface area contributed by atoms with Gasteiger partial charge in [-0.3, -0.25) is 4.79 Å². The quantitative estimate of drug-likeness (QED) is 0.764. The highest BCUT2D eigenvalue weighted by atomic mass is 32.1. The van der Waals surface area contributed by atoms with Crippen LogP contribution in [0.15, 0.2) is 0 Å². The molecule has 0 amide bonds. The van der Waals surface area contributed by atoms with Crippen LogP contribution in [0.4, 0.5) is 0 Å². The summed E-state index contributed by atoms with van der Waals surface area (Å²) in [7, 11) is 1.24. The lowest BCUT2D eigenvalue weighted by atomic mass is 10.1. The molecule has 0 fully saturated rings. The Balaban J connectivity index is 2.73. The van der Waals surface area contributed by atoms with Crippen LogP contribution in [-0.2, 0) is 9.53 Å². The Kier molecular flexibility index (Phi) is 4.40. The average molecular weight is 245 g/mol. The lowest BCUT2D eigenvalue weighted by molar-refractivity contribution is -0.144. The second-order valence-corrected chi connectivity index (χ2v) is 4.71. The van der Waals surface area contributed by atoms with Crippen LogP contribution in [0.1, 0.15) is 28.1 Å². The first-order valence-electron chi connectivity index (χ1n) is 4.82. The number of nitrogens with zero attached hydrogens (tertiary/aromatic N) is 1. The van der Waals surface area contributed by atoms with E-state index >= 15 is 0 Å². The van der Waals surface area contributed by atoms with Gasteiger partial charge < -0.3 is 14.9 Å². The first kappa shape index (κ1) is 13.1. The van der Waals surface area contributed by atoms with E-state index in [2.05, 4.69) is 9.72 Å². The monoisotopic (exact) mass is 245 g/mol. The fourth-order valence-corrected chi connectivity index (χ4v) is 2.33. The standard InChI is InChI=1S/C10H15NO4S/c1-5-10(16-6(2)11-5)9(14)7(12)4-8(13)15-3/h7,9,12,14H,4H2,1-3H3. The van der Waals surface area contributed by atoms with E-state index in [1.165, 1.54) is 18.4 Å². The molecule has 2 N–H and O–H groups in total. The third-order valence-electron chi connectivity index (χ3n) is 2.18. The van der Waals surface area contributed by atoms with Gasteiger partial charge in [-0.15, -0.1) is 11.3 Å². The zero-order valence-corrected chi connectivity index (χ0v) is 10.2. The molecule has 0 aliphatic carbocycles. The molecule has 1 heterocycles. The number of carbonyl (C=O) groups is 1. The molecule has 5 nitrogen and oxygen atoms in total. The van der Waals surface area contributed by atoms with E-state index in [0.717, 1.165) is 5.01 Å². The molecule has 0 spiro atoms. The van der Waals surface area contributed by atoms with E-state index in [4.69, 9.17) is 0 Å². The van der Waals surface area contributed by atoms with Gasteiger partial charge in [0.1, 0.15) is 6.10 Å². The summed E-state index contributed by atoms with van der Waals surface area (Å²) in [6, 6.07) is 0. The highest BCUT2D eigenvalue weighted by Crippen LogP contribution is 2.28. The number of thiazole rings is 1. The summed E-state index contributed by atoms with van der Waals surface area (Å²) in [6.45, 7) is 3.58. The van der Waals surface area contributed by atoms with Crippen molar-refractivity contribution in [2.24, 2.45) is 0 Å². The summed E-state index contributed by atoms with van der Waals surface area (Å²) in [6.07, 6.45) is -2.48. The molecule has 0 bridgehead atoms. The number of hydrogen-bond donors (Lipinski definition) is 2. The van der Waals surface area contributed by atoms with E-state index < -0.39 is 18.2 Å². The third kappa shape index (κ3) is 3.01. The molecule has 0 aliphatic heterocycles. The Morgan fingerprint density at radius 2 is 2.12 bits per heavy atom. The number of aryl methyl sites for hydroxylation is 2. The molecule has 90 valence electrons. The summed E-state index contributed by atoms with van der Waals surface area (Å²) >= 11 is 1.31. The molecule has 0 saturated carbocycles. The fourth-order valence-electron chi connectivity index (χ4n) is 1.36. The van der Waals surface area contributed by atoms with Gasteiger partial charge in [0.15, 0.2) is 0 Å². The number of esters is 1. The van der Waals surface area contributed by atoms with E-state index in [-0.39, 0.29) is 6.42 Å². The van der Waals surface area contributed by atoms with Crippen molar-refractivity contribution in [2.75, 3.05) is 7.11 Å². The SMILES string of the molecule is COC(=O)CC(O)C(O)c1sc(C)nc1C. The van der Waals surface area contributed by atoms with Crippen molar-refractivity contribution in [3.8, 4) is 0 Å². The van der Waals surface area contributed by atoms with Crippen molar-refractivity contribution in [3.63, 3.8) is 0 Å². The van der Waals surface area contributed by atoms with Gasteiger partial charge in [0.25, 0.3) is 0 Å². The van der Waals surface area contributed by atoms with Crippen molar-refractivity contribution >= 4 is 17.3 Å². The zero-order valence-electron chi connectivity index (χ0n) is 9.43. The molecule has 6 heteroatoms. The third-order valence-corrected chi connectivity index (χ3v) is 3.32. The van der Waals surface area contributed by atoms with Crippen LogP contribution in [0.3, 0.4) is 0 Å². The molecule has 1 aromatic rings. The highest BCUT2D eigenvalue weighted by Gasteiger charge is 2.25. The largest absolute Gasteiger partial charge is 0.469 e. The number of ether oxygens (including phenoxy) is 1. The molecule has 2 unspecified atom stereocenters. The number of aliphatic hydroxyl groups is 2. The van der Waals surface area contributed by atoms with Gasteiger partial charge in [0, 0.05) is 0 Å². The first-order valence-corrected chi connectivity index (χ1v) is 5.64. The summed E-state index contributed by atoms with van der Waals surface area (Å²) < 4.78 is 4.42. The Labute approximate surface area is 97.7 Å². The number of carbonyl (C=O) groups excluding carboxylic acids is 1.